The summed E-state index contributed by atoms with van der Waals surface area (Å²) in [4.78, 5) is 2.64. The van der Waals surface area contributed by atoms with Gasteiger partial charge in [0.15, 0.2) is 0 Å². The van der Waals surface area contributed by atoms with Crippen LogP contribution in [-0.4, -0.2) is 13.6 Å². The van der Waals surface area contributed by atoms with Crippen molar-refractivity contribution in [2.24, 2.45) is 0 Å². The predicted octanol–water partition coefficient (Wildman–Crippen LogP) is 5.02. The van der Waals surface area contributed by atoms with Gasteiger partial charge in [-0.05, 0) is 79.6 Å². The zero-order valence-electron chi connectivity index (χ0n) is 20.8. The van der Waals surface area contributed by atoms with Gasteiger partial charge in [-0.3, -0.25) is 0 Å². The molecule has 0 atom stereocenters. The van der Waals surface area contributed by atoms with Crippen molar-refractivity contribution in [3.05, 3.63) is 78.9 Å². The smallest absolute Gasteiger partial charge is 0.337 e. The minimum atomic E-state index is 0.0277. The molecule has 0 saturated heterocycles. The molecule has 0 aliphatic carbocycles. The highest BCUT2D eigenvalue weighted by molar-refractivity contribution is 7.05. The van der Waals surface area contributed by atoms with Crippen LogP contribution >= 0.6 is 0 Å². The molecule has 0 saturated carbocycles. The van der Waals surface area contributed by atoms with Crippen LogP contribution in [0.4, 0.5) is 11.4 Å². The summed E-state index contributed by atoms with van der Waals surface area (Å²) in [7, 11) is 0. The fraction of sp³-hybridized carbons (Fsp3) is 0. The second kappa shape index (κ2) is 5.34. The van der Waals surface area contributed by atoms with Crippen LogP contribution in [0.15, 0.2) is 78.9 Å². The third-order valence-electron chi connectivity index (χ3n) is 10.4. The minimum absolute atomic E-state index is 0.0277. The Hall–Kier alpha value is -5.09. The maximum Gasteiger partial charge on any atom is 0.337 e. The Morgan fingerprint density at radius 2 is 0.900 bits per heavy atom. The summed E-state index contributed by atoms with van der Waals surface area (Å²) < 4.78 is 20.2. The molecule has 178 valence electrons. The first-order valence-corrected chi connectivity index (χ1v) is 13.9. The molecule has 0 unspecified atom stereocenters. The molecule has 0 aromatic heterocycles. The summed E-state index contributed by atoms with van der Waals surface area (Å²) >= 11 is 0. The van der Waals surface area contributed by atoms with E-state index in [9.17, 15) is 0 Å². The second-order valence-electron chi connectivity index (χ2n) is 11.9. The van der Waals surface area contributed by atoms with E-state index in [0.29, 0.717) is 0 Å². The zero-order chi connectivity index (χ0) is 25.2. The summed E-state index contributed by atoms with van der Waals surface area (Å²) in [6.07, 6.45) is 0. The largest absolute Gasteiger partial charge is 0.458 e. The highest BCUT2D eigenvalue weighted by Gasteiger charge is 2.55. The van der Waals surface area contributed by atoms with Crippen molar-refractivity contribution in [2.75, 3.05) is 4.81 Å². The molecule has 0 bridgehead atoms. The maximum absolute atomic E-state index is 6.74. The van der Waals surface area contributed by atoms with Gasteiger partial charge in [0.2, 0.25) is 0 Å². The average molecular weight is 505 g/mol. The van der Waals surface area contributed by atoms with Crippen LogP contribution in [0.25, 0.3) is 43.1 Å². The summed E-state index contributed by atoms with van der Waals surface area (Å²) in [6, 6.07) is 28.6. The van der Waals surface area contributed by atoms with Crippen molar-refractivity contribution >= 4 is 95.3 Å². The van der Waals surface area contributed by atoms with Gasteiger partial charge < -0.3 is 19.0 Å². The van der Waals surface area contributed by atoms with E-state index < -0.39 is 0 Å². The number of anilines is 2. The van der Waals surface area contributed by atoms with E-state index >= 15 is 0 Å². The lowest BCUT2D eigenvalue weighted by Gasteiger charge is -2.51. The second-order valence-corrected chi connectivity index (χ2v) is 11.9. The normalized spacial score (nSPS) is 15.9. The van der Waals surface area contributed by atoms with Gasteiger partial charge in [-0.1, -0.05) is 42.5 Å². The monoisotopic (exact) mass is 505 g/mol. The molecule has 6 heterocycles. The predicted molar refractivity (Wildman–Crippen MR) is 161 cm³/mol. The third kappa shape index (κ3) is 1.60. The van der Waals surface area contributed by atoms with Crippen molar-refractivity contribution in [3.8, 4) is 34.5 Å². The van der Waals surface area contributed by atoms with Crippen LogP contribution in [0.1, 0.15) is 0 Å². The maximum atomic E-state index is 6.74. The molecule has 7 aromatic rings. The summed E-state index contributed by atoms with van der Waals surface area (Å²) in [5.41, 5.74) is 8.85. The SMILES string of the molecule is c1cc2c3c(c1)Oc1cc4ccc5ccc6c7c5c4c4c1B3c1c(cc3ccc5ccc(c8c5c3c1N4B87)O6)O2. The van der Waals surface area contributed by atoms with Crippen molar-refractivity contribution in [2.45, 2.75) is 0 Å². The lowest BCUT2D eigenvalue weighted by molar-refractivity contribution is 0.465. The summed E-state index contributed by atoms with van der Waals surface area (Å²) in [6.45, 7) is 0.0911. The Morgan fingerprint density at radius 3 is 1.48 bits per heavy atom. The van der Waals surface area contributed by atoms with Crippen LogP contribution < -0.4 is 46.3 Å². The highest BCUT2D eigenvalue weighted by atomic mass is 16.5. The Labute approximate surface area is 227 Å². The number of rotatable bonds is 0. The molecule has 6 heteroatoms. The lowest BCUT2D eigenvalue weighted by atomic mass is 9.30. The zero-order valence-corrected chi connectivity index (χ0v) is 20.8. The van der Waals surface area contributed by atoms with Crippen LogP contribution in [0.2, 0.25) is 0 Å². The van der Waals surface area contributed by atoms with Gasteiger partial charge >= 0.3 is 6.85 Å². The Morgan fingerprint density at radius 1 is 0.425 bits per heavy atom. The van der Waals surface area contributed by atoms with E-state index in [2.05, 4.69) is 77.6 Å². The first kappa shape index (κ1) is 18.2. The molecule has 0 amide bonds. The van der Waals surface area contributed by atoms with Crippen molar-refractivity contribution in [3.63, 3.8) is 0 Å². The molecule has 0 fully saturated rings. The fourth-order valence-corrected chi connectivity index (χ4v) is 9.07. The summed E-state index contributed by atoms with van der Waals surface area (Å²) in [5, 5.41) is 10.2. The van der Waals surface area contributed by atoms with Gasteiger partial charge in [0.1, 0.15) is 34.5 Å². The summed E-state index contributed by atoms with van der Waals surface area (Å²) in [5.74, 6) is 5.63. The number of nitrogens with zero attached hydrogens (tertiary/aromatic N) is 1. The minimum Gasteiger partial charge on any atom is -0.458 e. The molecule has 40 heavy (non-hydrogen) atoms. The molecule has 4 nitrogen and oxygen atoms in total. The van der Waals surface area contributed by atoms with E-state index in [1.54, 1.807) is 0 Å². The molecule has 7 aromatic carbocycles. The standard InChI is InChI=1S/C34H13B2NO3/c1-2-18-28-19(3-1)40-23-13-17-7-5-15-9-11-21-30-25(15)27(17)34-32(23)35(28)31-22(39-18)12-16-6-4-14-8-10-20(38-21)29-24(14)26(16)33(31)37(34)36(29)30/h1-13H. The number of hydrogen-bond acceptors (Lipinski definition) is 4. The van der Waals surface area contributed by atoms with Gasteiger partial charge in [-0.2, -0.15) is 0 Å². The van der Waals surface area contributed by atoms with Crippen molar-refractivity contribution in [1.29, 1.82) is 0 Å². The molecular formula is C34H13B2NO3. The van der Waals surface area contributed by atoms with Crippen LogP contribution in [0.5, 0.6) is 34.5 Å². The van der Waals surface area contributed by atoms with Crippen molar-refractivity contribution < 1.29 is 14.2 Å². The lowest BCUT2D eigenvalue weighted by Crippen LogP contribution is -2.69. The first-order chi connectivity index (χ1) is 19.8. The van der Waals surface area contributed by atoms with Crippen LogP contribution in [-0.2, 0) is 0 Å². The van der Waals surface area contributed by atoms with Crippen LogP contribution in [0.3, 0.4) is 0 Å². The number of benzene rings is 7. The fourth-order valence-electron chi connectivity index (χ4n) is 9.07. The molecule has 6 aliphatic rings. The van der Waals surface area contributed by atoms with Crippen LogP contribution in [0, 0.1) is 0 Å². The van der Waals surface area contributed by atoms with Gasteiger partial charge in [0.05, 0.1) is 0 Å². The molecule has 0 spiro atoms. The quantitative estimate of drug-likeness (QED) is 0.214. The molecule has 13 rings (SSSR count). The van der Waals surface area contributed by atoms with E-state index in [-0.39, 0.29) is 13.6 Å². The third-order valence-corrected chi connectivity index (χ3v) is 10.4. The first-order valence-electron chi connectivity index (χ1n) is 13.9. The van der Waals surface area contributed by atoms with E-state index in [1.807, 2.05) is 6.07 Å². The Kier molecular flexibility index (Phi) is 2.44. The van der Waals surface area contributed by atoms with Gasteiger partial charge in [0, 0.05) is 38.5 Å². The van der Waals surface area contributed by atoms with Gasteiger partial charge in [-0.25, -0.2) is 0 Å². The van der Waals surface area contributed by atoms with Gasteiger partial charge in [0.25, 0.3) is 6.71 Å². The molecule has 0 radical (unpaired) electrons. The van der Waals surface area contributed by atoms with Gasteiger partial charge in [-0.15, -0.1) is 0 Å². The Bertz CT molecular complexity index is 2390. The molecule has 0 N–H and O–H groups in total. The van der Waals surface area contributed by atoms with E-state index in [1.165, 1.54) is 76.3 Å². The molecule has 6 aliphatic heterocycles. The topological polar surface area (TPSA) is 30.9 Å². The Balaban J connectivity index is 1.41. The highest BCUT2D eigenvalue weighted by Crippen LogP contribution is 2.54. The van der Waals surface area contributed by atoms with E-state index in [0.717, 1.165) is 40.0 Å². The van der Waals surface area contributed by atoms with E-state index in [4.69, 9.17) is 14.2 Å². The number of hydrogen-bond donors (Lipinski definition) is 0. The molecular weight excluding hydrogens is 492 g/mol. The number of ether oxygens (including phenoxy) is 3. The average Bonchev–Trinajstić information content (AvgIpc) is 2.99. The van der Waals surface area contributed by atoms with Crippen molar-refractivity contribution in [1.82, 2.24) is 0 Å².